The zero-order valence-corrected chi connectivity index (χ0v) is 21.1. The van der Waals surface area contributed by atoms with Crippen molar-refractivity contribution in [2.24, 2.45) is 0 Å². The SMILES string of the molecule is Cc1cc2c(cc1O)C(C)(C)C[C@H](Oc1cc(C)c(OC(C)(C)C(=O)O)cc1C(C)(C)C)O2. The molecule has 6 nitrogen and oxygen atoms in total. The molecular weight excluding hydrogens is 420 g/mol. The minimum atomic E-state index is -1.36. The Kier molecular flexibility index (Phi) is 6.12. The van der Waals surface area contributed by atoms with Gasteiger partial charge in [0.05, 0.1) is 0 Å². The molecule has 0 amide bonds. The van der Waals surface area contributed by atoms with E-state index in [-0.39, 0.29) is 16.6 Å². The lowest BCUT2D eigenvalue weighted by atomic mass is 9.78. The highest BCUT2D eigenvalue weighted by Gasteiger charge is 2.37. The molecule has 3 rings (SSSR count). The van der Waals surface area contributed by atoms with Crippen LogP contribution in [0.2, 0.25) is 0 Å². The van der Waals surface area contributed by atoms with Gasteiger partial charge < -0.3 is 24.4 Å². The maximum atomic E-state index is 11.6. The Bertz CT molecular complexity index is 1070. The molecule has 1 aliphatic rings. The summed E-state index contributed by atoms with van der Waals surface area (Å²) in [5.74, 6) is 1.14. The number of rotatable bonds is 5. The Balaban J connectivity index is 1.99. The first kappa shape index (κ1) is 24.7. The highest BCUT2D eigenvalue weighted by Crippen LogP contribution is 2.45. The third-order valence-electron chi connectivity index (χ3n) is 6.19. The fourth-order valence-electron chi connectivity index (χ4n) is 3.99. The number of hydrogen-bond acceptors (Lipinski definition) is 5. The van der Waals surface area contributed by atoms with Crippen LogP contribution in [-0.4, -0.2) is 28.1 Å². The summed E-state index contributed by atoms with van der Waals surface area (Å²) in [6.45, 7) is 17.2. The van der Waals surface area contributed by atoms with Gasteiger partial charge in [-0.15, -0.1) is 0 Å². The predicted octanol–water partition coefficient (Wildman–Crippen LogP) is 6.01. The average molecular weight is 457 g/mol. The predicted molar refractivity (Wildman–Crippen MR) is 128 cm³/mol. The topological polar surface area (TPSA) is 85.2 Å². The lowest BCUT2D eigenvalue weighted by Crippen LogP contribution is -2.39. The molecule has 180 valence electrons. The summed E-state index contributed by atoms with van der Waals surface area (Å²) in [5, 5.41) is 19.6. The summed E-state index contributed by atoms with van der Waals surface area (Å²) in [5.41, 5.74) is 1.50. The van der Waals surface area contributed by atoms with Gasteiger partial charge in [0, 0.05) is 23.0 Å². The van der Waals surface area contributed by atoms with E-state index >= 15 is 0 Å². The standard InChI is InChI=1S/C27H36O6/c1-15-10-22-18(12-19(15)28)26(6,7)14-23(32-22)31-21-11-16(2)20(13-17(21)25(3,4)5)33-27(8,9)24(29)30/h10-13,23,28H,14H2,1-9H3,(H,29,30)/t23-/m1/s1. The van der Waals surface area contributed by atoms with Crippen LogP contribution in [0.15, 0.2) is 24.3 Å². The Morgan fingerprint density at radius 2 is 1.67 bits per heavy atom. The van der Waals surface area contributed by atoms with E-state index < -0.39 is 17.9 Å². The number of phenolic OH excluding ortho intramolecular Hbond substituents is 1. The number of carbonyl (C=O) groups is 1. The van der Waals surface area contributed by atoms with E-state index in [1.54, 1.807) is 6.07 Å². The van der Waals surface area contributed by atoms with Crippen molar-refractivity contribution in [3.8, 4) is 23.0 Å². The van der Waals surface area contributed by atoms with E-state index in [9.17, 15) is 15.0 Å². The molecule has 0 spiro atoms. The minimum absolute atomic E-state index is 0.255. The molecule has 0 bridgehead atoms. The number of hydrogen-bond donors (Lipinski definition) is 2. The van der Waals surface area contributed by atoms with E-state index in [0.717, 1.165) is 22.3 Å². The molecule has 0 saturated heterocycles. The molecule has 0 saturated carbocycles. The maximum absolute atomic E-state index is 11.6. The number of aromatic hydroxyl groups is 1. The van der Waals surface area contributed by atoms with Crippen LogP contribution in [0.5, 0.6) is 23.0 Å². The van der Waals surface area contributed by atoms with E-state index in [0.29, 0.717) is 23.7 Å². The van der Waals surface area contributed by atoms with E-state index in [2.05, 4.69) is 34.6 Å². The van der Waals surface area contributed by atoms with Gasteiger partial charge in [-0.3, -0.25) is 0 Å². The van der Waals surface area contributed by atoms with E-state index in [1.165, 1.54) is 13.8 Å². The summed E-state index contributed by atoms with van der Waals surface area (Å²) in [6, 6.07) is 7.39. The fraction of sp³-hybridized carbons (Fsp3) is 0.519. The molecule has 2 aromatic rings. The van der Waals surface area contributed by atoms with Gasteiger partial charge in [-0.05, 0) is 68.5 Å². The first-order valence-corrected chi connectivity index (χ1v) is 11.3. The molecule has 0 fully saturated rings. The van der Waals surface area contributed by atoms with Gasteiger partial charge in [0.2, 0.25) is 6.29 Å². The zero-order chi connectivity index (χ0) is 24.9. The van der Waals surface area contributed by atoms with E-state index in [4.69, 9.17) is 14.2 Å². The quantitative estimate of drug-likeness (QED) is 0.573. The number of aliphatic carboxylic acids is 1. The van der Waals surface area contributed by atoms with Crippen molar-refractivity contribution in [3.63, 3.8) is 0 Å². The number of aryl methyl sites for hydroxylation is 2. The van der Waals surface area contributed by atoms with Gasteiger partial charge in [-0.25, -0.2) is 4.79 Å². The number of carboxylic acid groups (broad SMARTS) is 1. The second-order valence-corrected chi connectivity index (χ2v) is 11.2. The summed E-state index contributed by atoms with van der Waals surface area (Å²) >= 11 is 0. The number of carboxylic acids is 1. The molecule has 0 unspecified atom stereocenters. The van der Waals surface area contributed by atoms with Crippen molar-refractivity contribution in [3.05, 3.63) is 46.5 Å². The molecule has 1 heterocycles. The monoisotopic (exact) mass is 456 g/mol. The number of ether oxygens (including phenoxy) is 3. The van der Waals surface area contributed by atoms with Crippen LogP contribution in [0.25, 0.3) is 0 Å². The van der Waals surface area contributed by atoms with Gasteiger partial charge in [-0.1, -0.05) is 34.6 Å². The number of benzene rings is 2. The van der Waals surface area contributed by atoms with Crippen molar-refractivity contribution >= 4 is 5.97 Å². The molecule has 2 N–H and O–H groups in total. The van der Waals surface area contributed by atoms with Crippen molar-refractivity contribution in [1.29, 1.82) is 0 Å². The maximum Gasteiger partial charge on any atom is 0.347 e. The van der Waals surface area contributed by atoms with Gasteiger partial charge in [0.15, 0.2) is 5.60 Å². The third kappa shape index (κ3) is 5.05. The van der Waals surface area contributed by atoms with Gasteiger partial charge >= 0.3 is 5.97 Å². The zero-order valence-electron chi connectivity index (χ0n) is 21.1. The summed E-state index contributed by atoms with van der Waals surface area (Å²) < 4.78 is 18.5. The van der Waals surface area contributed by atoms with E-state index in [1.807, 2.05) is 32.0 Å². The highest BCUT2D eigenvalue weighted by atomic mass is 16.7. The summed E-state index contributed by atoms with van der Waals surface area (Å²) in [4.78, 5) is 11.6. The number of phenols is 1. The largest absolute Gasteiger partial charge is 0.508 e. The third-order valence-corrected chi connectivity index (χ3v) is 6.19. The Morgan fingerprint density at radius 3 is 2.24 bits per heavy atom. The first-order chi connectivity index (χ1) is 15.0. The lowest BCUT2D eigenvalue weighted by molar-refractivity contribution is -0.152. The van der Waals surface area contributed by atoms with Crippen molar-refractivity contribution in [1.82, 2.24) is 0 Å². The Labute approximate surface area is 196 Å². The summed E-state index contributed by atoms with van der Waals surface area (Å²) in [7, 11) is 0. The molecule has 0 aliphatic carbocycles. The molecular formula is C27H36O6. The number of fused-ring (bicyclic) bond motifs is 1. The van der Waals surface area contributed by atoms with Gasteiger partial charge in [-0.2, -0.15) is 0 Å². The Morgan fingerprint density at radius 1 is 1.03 bits per heavy atom. The van der Waals surface area contributed by atoms with Gasteiger partial charge in [0.1, 0.15) is 23.0 Å². The lowest BCUT2D eigenvalue weighted by Gasteiger charge is -2.38. The second-order valence-electron chi connectivity index (χ2n) is 11.2. The van der Waals surface area contributed by atoms with Crippen molar-refractivity contribution < 1.29 is 29.2 Å². The average Bonchev–Trinajstić information content (AvgIpc) is 2.64. The molecule has 0 aromatic heterocycles. The molecule has 6 heteroatoms. The first-order valence-electron chi connectivity index (χ1n) is 11.3. The fourth-order valence-corrected chi connectivity index (χ4v) is 3.99. The van der Waals surface area contributed by atoms with Crippen LogP contribution >= 0.6 is 0 Å². The van der Waals surface area contributed by atoms with Crippen molar-refractivity contribution in [2.75, 3.05) is 0 Å². The molecule has 33 heavy (non-hydrogen) atoms. The van der Waals surface area contributed by atoms with Crippen LogP contribution in [0, 0.1) is 13.8 Å². The highest BCUT2D eigenvalue weighted by molar-refractivity contribution is 5.77. The smallest absolute Gasteiger partial charge is 0.347 e. The van der Waals surface area contributed by atoms with Crippen LogP contribution in [0.4, 0.5) is 0 Å². The minimum Gasteiger partial charge on any atom is -0.508 e. The molecule has 1 aliphatic heterocycles. The molecule has 1 atom stereocenters. The second kappa shape index (κ2) is 8.15. The Hall–Kier alpha value is -2.89. The van der Waals surface area contributed by atoms with Crippen molar-refractivity contribution in [2.45, 2.75) is 91.5 Å². The normalized spacial score (nSPS) is 17.7. The van der Waals surface area contributed by atoms with Crippen LogP contribution in [-0.2, 0) is 15.6 Å². The van der Waals surface area contributed by atoms with Gasteiger partial charge in [0.25, 0.3) is 0 Å². The molecule has 0 radical (unpaired) electrons. The summed E-state index contributed by atoms with van der Waals surface area (Å²) in [6.07, 6.45) is 0.0919. The van der Waals surface area contributed by atoms with Crippen LogP contribution in [0.1, 0.15) is 77.1 Å². The van der Waals surface area contributed by atoms with Crippen LogP contribution < -0.4 is 14.2 Å². The molecule has 2 aromatic carbocycles. The van der Waals surface area contributed by atoms with Crippen LogP contribution in [0.3, 0.4) is 0 Å².